The lowest BCUT2D eigenvalue weighted by Gasteiger charge is -2.23. The van der Waals surface area contributed by atoms with Gasteiger partial charge in [0.2, 0.25) is 0 Å². The average Bonchev–Trinajstić information content (AvgIpc) is 1.99. The van der Waals surface area contributed by atoms with Crippen molar-refractivity contribution in [2.45, 2.75) is 25.0 Å². The minimum absolute atomic E-state index is 0.0329. The first-order chi connectivity index (χ1) is 5.52. The highest BCUT2D eigenvalue weighted by Crippen LogP contribution is 2.21. The fourth-order valence-corrected chi connectivity index (χ4v) is 1.21. The van der Waals surface area contributed by atoms with E-state index in [0.29, 0.717) is 0 Å². The molecule has 0 aliphatic heterocycles. The number of aliphatic hydroxyl groups is 3. The average molecular weight is 173 g/mol. The van der Waals surface area contributed by atoms with Crippen molar-refractivity contribution in [1.82, 2.24) is 0 Å². The van der Waals surface area contributed by atoms with Crippen LogP contribution in [0, 0.1) is 0 Å². The van der Waals surface area contributed by atoms with E-state index < -0.39 is 23.9 Å². The van der Waals surface area contributed by atoms with Crippen LogP contribution in [0.4, 0.5) is 0 Å². The Morgan fingerprint density at radius 2 is 2.00 bits per heavy atom. The summed E-state index contributed by atoms with van der Waals surface area (Å²) in [4.78, 5) is 10.9. The molecule has 1 unspecified atom stereocenters. The smallest absolute Gasteiger partial charge is 0.273 e. The van der Waals surface area contributed by atoms with Gasteiger partial charge in [0.25, 0.3) is 5.95 Å². The summed E-state index contributed by atoms with van der Waals surface area (Å²) in [5.74, 6) is -1.28. The number of aliphatic hydroxyl groups excluding tert-OH is 2. The molecule has 0 bridgehead atoms. The molecule has 5 N–H and O–H groups in total. The fourth-order valence-electron chi connectivity index (χ4n) is 1.21. The second kappa shape index (κ2) is 3.12. The number of carbonyl (C=O) groups excluding carboxylic acids is 1. The van der Waals surface area contributed by atoms with Crippen molar-refractivity contribution < 1.29 is 20.1 Å². The van der Waals surface area contributed by atoms with Crippen LogP contribution in [0.25, 0.3) is 0 Å². The van der Waals surface area contributed by atoms with Gasteiger partial charge < -0.3 is 21.1 Å². The molecule has 12 heavy (non-hydrogen) atoms. The quantitative estimate of drug-likeness (QED) is 0.365. The largest absolute Gasteiger partial charge is 0.481 e. The number of hydrogen-bond donors (Lipinski definition) is 4. The first-order valence-electron chi connectivity index (χ1n) is 3.59. The minimum atomic E-state index is -1.20. The van der Waals surface area contributed by atoms with Crippen LogP contribution in [0.5, 0.6) is 0 Å². The van der Waals surface area contributed by atoms with Crippen LogP contribution in [0.2, 0.25) is 0 Å². The SMILES string of the molecule is NC1CC(=C(O)O)C[C@@H](O)C1=O. The fraction of sp³-hybridized carbons (Fsp3) is 0.571. The Morgan fingerprint density at radius 3 is 2.42 bits per heavy atom. The first-order valence-corrected chi connectivity index (χ1v) is 3.59. The summed E-state index contributed by atoms with van der Waals surface area (Å²) < 4.78 is 0. The zero-order chi connectivity index (χ0) is 9.30. The van der Waals surface area contributed by atoms with Gasteiger partial charge in [-0.25, -0.2) is 0 Å². The Balaban J connectivity index is 2.80. The third-order valence-corrected chi connectivity index (χ3v) is 1.92. The highest BCUT2D eigenvalue weighted by molar-refractivity contribution is 5.89. The number of ketones is 1. The molecule has 1 saturated carbocycles. The van der Waals surface area contributed by atoms with Gasteiger partial charge in [-0.2, -0.15) is 0 Å². The summed E-state index contributed by atoms with van der Waals surface area (Å²) in [5, 5.41) is 26.4. The monoisotopic (exact) mass is 173 g/mol. The van der Waals surface area contributed by atoms with Gasteiger partial charge in [0.1, 0.15) is 6.10 Å². The summed E-state index contributed by atoms with van der Waals surface area (Å²) in [5.41, 5.74) is 5.56. The van der Waals surface area contributed by atoms with Crippen LogP contribution in [0.3, 0.4) is 0 Å². The van der Waals surface area contributed by atoms with Crippen LogP contribution in [0.1, 0.15) is 12.8 Å². The molecular weight excluding hydrogens is 162 g/mol. The highest BCUT2D eigenvalue weighted by atomic mass is 16.5. The molecule has 68 valence electrons. The molecule has 1 fully saturated rings. The van der Waals surface area contributed by atoms with Crippen molar-refractivity contribution in [2.24, 2.45) is 5.73 Å². The molecule has 0 heterocycles. The summed E-state index contributed by atoms with van der Waals surface area (Å²) >= 11 is 0. The molecule has 0 aromatic rings. The molecule has 0 spiro atoms. The maximum atomic E-state index is 10.9. The van der Waals surface area contributed by atoms with E-state index in [1.165, 1.54) is 0 Å². The first kappa shape index (κ1) is 9.02. The molecular formula is C7H11NO4. The Kier molecular flexibility index (Phi) is 2.35. The standard InChI is InChI=1S/C7H11NO4/c8-4-1-3(7(11)12)2-5(9)6(4)10/h4-5,9,11-12H,1-2,8H2/t4?,5-/m1/s1. The van der Waals surface area contributed by atoms with E-state index in [2.05, 4.69) is 0 Å². The molecule has 5 heteroatoms. The second-order valence-electron chi connectivity index (χ2n) is 2.86. The van der Waals surface area contributed by atoms with Crippen molar-refractivity contribution in [1.29, 1.82) is 0 Å². The second-order valence-corrected chi connectivity index (χ2v) is 2.86. The summed E-state index contributed by atoms with van der Waals surface area (Å²) in [6.07, 6.45) is -1.12. The summed E-state index contributed by atoms with van der Waals surface area (Å²) in [6.45, 7) is 0. The third-order valence-electron chi connectivity index (χ3n) is 1.92. The van der Waals surface area contributed by atoms with Crippen molar-refractivity contribution in [3.63, 3.8) is 0 Å². The Morgan fingerprint density at radius 1 is 1.42 bits per heavy atom. The van der Waals surface area contributed by atoms with Crippen LogP contribution in [0.15, 0.2) is 11.5 Å². The lowest BCUT2D eigenvalue weighted by atomic mass is 9.88. The molecule has 5 nitrogen and oxygen atoms in total. The molecule has 0 aromatic carbocycles. The van der Waals surface area contributed by atoms with Gasteiger partial charge in [-0.05, 0) is 6.42 Å². The molecule has 2 atom stereocenters. The zero-order valence-electron chi connectivity index (χ0n) is 6.40. The molecule has 1 rings (SSSR count). The highest BCUT2D eigenvalue weighted by Gasteiger charge is 2.31. The predicted molar refractivity (Wildman–Crippen MR) is 40.5 cm³/mol. The van der Waals surface area contributed by atoms with E-state index in [9.17, 15) is 4.79 Å². The predicted octanol–water partition coefficient (Wildman–Crippen LogP) is -0.635. The number of rotatable bonds is 0. The van der Waals surface area contributed by atoms with Gasteiger partial charge in [-0.3, -0.25) is 4.79 Å². The van der Waals surface area contributed by atoms with Gasteiger partial charge >= 0.3 is 0 Å². The lowest BCUT2D eigenvalue weighted by Crippen LogP contribution is -2.43. The number of nitrogens with two attached hydrogens (primary N) is 1. The van der Waals surface area contributed by atoms with E-state index in [1.807, 2.05) is 0 Å². The van der Waals surface area contributed by atoms with Gasteiger partial charge in [0, 0.05) is 12.0 Å². The summed E-state index contributed by atoms with van der Waals surface area (Å²) in [6, 6.07) is -0.821. The van der Waals surface area contributed by atoms with Crippen molar-refractivity contribution >= 4 is 5.78 Å². The van der Waals surface area contributed by atoms with Crippen molar-refractivity contribution in [3.05, 3.63) is 11.5 Å². The third kappa shape index (κ3) is 1.57. The van der Waals surface area contributed by atoms with Crippen LogP contribution in [-0.4, -0.2) is 33.2 Å². The lowest BCUT2D eigenvalue weighted by molar-refractivity contribution is -0.129. The molecule has 1 aliphatic rings. The van der Waals surface area contributed by atoms with E-state index in [4.69, 9.17) is 21.1 Å². The van der Waals surface area contributed by atoms with Gasteiger partial charge in [0.05, 0.1) is 6.04 Å². The minimum Gasteiger partial charge on any atom is -0.481 e. The van der Waals surface area contributed by atoms with Gasteiger partial charge in [0.15, 0.2) is 5.78 Å². The van der Waals surface area contributed by atoms with E-state index >= 15 is 0 Å². The Bertz CT molecular complexity index is 216. The summed E-state index contributed by atoms with van der Waals surface area (Å²) in [7, 11) is 0. The zero-order valence-corrected chi connectivity index (χ0v) is 6.40. The topological polar surface area (TPSA) is 104 Å². The van der Waals surface area contributed by atoms with Crippen LogP contribution in [-0.2, 0) is 4.79 Å². The van der Waals surface area contributed by atoms with Crippen molar-refractivity contribution in [3.8, 4) is 0 Å². The Labute approximate surface area is 69.1 Å². The molecule has 0 aromatic heterocycles. The normalized spacial score (nSPS) is 30.5. The molecule has 0 amide bonds. The maximum Gasteiger partial charge on any atom is 0.273 e. The molecule has 0 radical (unpaired) electrons. The maximum absolute atomic E-state index is 10.9. The van der Waals surface area contributed by atoms with E-state index in [0.717, 1.165) is 0 Å². The van der Waals surface area contributed by atoms with E-state index in [-0.39, 0.29) is 18.4 Å². The molecule has 1 aliphatic carbocycles. The number of Topliss-reactive ketones (excluding diaryl/α,β-unsaturated/α-hetero) is 1. The van der Waals surface area contributed by atoms with Crippen LogP contribution >= 0.6 is 0 Å². The van der Waals surface area contributed by atoms with E-state index in [1.54, 1.807) is 0 Å². The van der Waals surface area contributed by atoms with Gasteiger partial charge in [-0.1, -0.05) is 0 Å². The van der Waals surface area contributed by atoms with Crippen molar-refractivity contribution in [2.75, 3.05) is 0 Å². The number of hydrogen-bond acceptors (Lipinski definition) is 5. The van der Waals surface area contributed by atoms with Crippen LogP contribution < -0.4 is 5.73 Å². The van der Waals surface area contributed by atoms with Gasteiger partial charge in [-0.15, -0.1) is 0 Å². The Hall–Kier alpha value is -1.07. The number of carbonyl (C=O) groups is 1. The molecule has 0 saturated heterocycles.